The molecule has 1 aliphatic heterocycles. The number of hydrogen-bond donors (Lipinski definition) is 1. The summed E-state index contributed by atoms with van der Waals surface area (Å²) >= 11 is 0. The molecule has 4 rings (SSSR count). The van der Waals surface area contributed by atoms with Gasteiger partial charge in [-0.25, -0.2) is 4.98 Å². The quantitative estimate of drug-likeness (QED) is 0.802. The molecule has 1 aromatic carbocycles. The van der Waals surface area contributed by atoms with Gasteiger partial charge in [0.2, 0.25) is 5.91 Å². The first-order chi connectivity index (χ1) is 12.1. The Bertz CT molecular complexity index is 986. The summed E-state index contributed by atoms with van der Waals surface area (Å²) in [6, 6.07) is 11.6. The summed E-state index contributed by atoms with van der Waals surface area (Å²) in [5.74, 6) is -0.424. The molecule has 0 spiro atoms. The van der Waals surface area contributed by atoms with Gasteiger partial charge in [-0.15, -0.1) is 0 Å². The van der Waals surface area contributed by atoms with Gasteiger partial charge in [-0.3, -0.25) is 9.20 Å². The van der Waals surface area contributed by atoms with Gasteiger partial charge in [0.25, 0.3) is 0 Å². The standard InChI is InChI=1S/C20H20N4O/c1-23-8-5-14(6-9-23)15-7-10-24-18(13-22-19(24)12-15)16-3-2-4-17(11-16)20(21)25/h2-5,7,10-13H,6,8-9H2,1H3,(H2,21,25). The van der Waals surface area contributed by atoms with E-state index in [-0.39, 0.29) is 0 Å². The number of benzene rings is 1. The fourth-order valence-electron chi connectivity index (χ4n) is 3.26. The molecule has 0 fully saturated rings. The number of amides is 1. The molecule has 0 saturated heterocycles. The van der Waals surface area contributed by atoms with E-state index in [1.54, 1.807) is 12.1 Å². The third-order valence-corrected chi connectivity index (χ3v) is 4.74. The SMILES string of the molecule is CN1CC=C(c2ccn3c(-c4cccc(C(N)=O)c4)cnc3c2)CC1. The third-order valence-electron chi connectivity index (χ3n) is 4.74. The maximum atomic E-state index is 11.4. The molecule has 0 radical (unpaired) electrons. The van der Waals surface area contributed by atoms with E-state index in [1.165, 1.54) is 11.1 Å². The van der Waals surface area contributed by atoms with Gasteiger partial charge < -0.3 is 10.6 Å². The molecule has 25 heavy (non-hydrogen) atoms. The van der Waals surface area contributed by atoms with E-state index in [0.29, 0.717) is 5.56 Å². The van der Waals surface area contributed by atoms with Gasteiger partial charge in [-0.1, -0.05) is 18.2 Å². The molecule has 5 heteroatoms. The van der Waals surface area contributed by atoms with Gasteiger partial charge in [-0.2, -0.15) is 0 Å². The van der Waals surface area contributed by atoms with Gasteiger partial charge in [0.05, 0.1) is 11.9 Å². The molecular weight excluding hydrogens is 312 g/mol. The summed E-state index contributed by atoms with van der Waals surface area (Å²) in [5, 5.41) is 0. The van der Waals surface area contributed by atoms with Crippen molar-refractivity contribution in [3.05, 3.63) is 66.0 Å². The smallest absolute Gasteiger partial charge is 0.248 e. The van der Waals surface area contributed by atoms with Crippen molar-refractivity contribution in [3.8, 4) is 11.3 Å². The fraction of sp³-hybridized carbons (Fsp3) is 0.200. The molecule has 2 aromatic heterocycles. The van der Waals surface area contributed by atoms with Crippen LogP contribution in [0.15, 0.2) is 54.9 Å². The first kappa shape index (κ1) is 15.6. The van der Waals surface area contributed by atoms with Crippen LogP contribution in [0.5, 0.6) is 0 Å². The number of nitrogens with zero attached hydrogens (tertiary/aromatic N) is 3. The van der Waals surface area contributed by atoms with Crippen molar-refractivity contribution in [1.82, 2.24) is 14.3 Å². The van der Waals surface area contributed by atoms with Crippen molar-refractivity contribution >= 4 is 17.1 Å². The molecule has 3 aromatic rings. The number of carbonyl (C=O) groups is 1. The third kappa shape index (κ3) is 2.94. The maximum Gasteiger partial charge on any atom is 0.248 e. The summed E-state index contributed by atoms with van der Waals surface area (Å²) < 4.78 is 2.04. The molecule has 1 aliphatic rings. The maximum absolute atomic E-state index is 11.4. The molecule has 3 heterocycles. The Labute approximate surface area is 146 Å². The molecule has 5 nitrogen and oxygen atoms in total. The van der Waals surface area contributed by atoms with E-state index in [2.05, 4.69) is 35.1 Å². The molecule has 2 N–H and O–H groups in total. The fourth-order valence-corrected chi connectivity index (χ4v) is 3.26. The number of fused-ring (bicyclic) bond motifs is 1. The summed E-state index contributed by atoms with van der Waals surface area (Å²) in [7, 11) is 2.14. The van der Waals surface area contributed by atoms with Gasteiger partial charge in [0, 0.05) is 30.4 Å². The number of nitrogens with two attached hydrogens (primary N) is 1. The zero-order valence-electron chi connectivity index (χ0n) is 14.1. The molecule has 0 unspecified atom stereocenters. The minimum Gasteiger partial charge on any atom is -0.366 e. The Balaban J connectivity index is 1.73. The second-order valence-corrected chi connectivity index (χ2v) is 6.47. The Morgan fingerprint density at radius 1 is 1.20 bits per heavy atom. The van der Waals surface area contributed by atoms with Crippen molar-refractivity contribution < 1.29 is 4.79 Å². The second-order valence-electron chi connectivity index (χ2n) is 6.47. The van der Waals surface area contributed by atoms with Crippen LogP contribution in [0, 0.1) is 0 Å². The van der Waals surface area contributed by atoms with E-state index >= 15 is 0 Å². The predicted octanol–water partition coefficient (Wildman–Crippen LogP) is 2.82. The molecule has 126 valence electrons. The molecule has 1 amide bonds. The van der Waals surface area contributed by atoms with Crippen LogP contribution in [-0.2, 0) is 0 Å². The number of rotatable bonds is 3. The molecule has 0 aliphatic carbocycles. The molecule has 0 atom stereocenters. The first-order valence-electron chi connectivity index (χ1n) is 8.37. The zero-order valence-corrected chi connectivity index (χ0v) is 14.1. The largest absolute Gasteiger partial charge is 0.366 e. The summed E-state index contributed by atoms with van der Waals surface area (Å²) in [6.45, 7) is 2.07. The van der Waals surface area contributed by atoms with Crippen molar-refractivity contribution in [2.75, 3.05) is 20.1 Å². The van der Waals surface area contributed by atoms with Crippen molar-refractivity contribution in [2.24, 2.45) is 5.73 Å². The van der Waals surface area contributed by atoms with Crippen LogP contribution in [0.25, 0.3) is 22.5 Å². The average molecular weight is 332 g/mol. The Hall–Kier alpha value is -2.92. The Morgan fingerprint density at radius 2 is 2.08 bits per heavy atom. The summed E-state index contributed by atoms with van der Waals surface area (Å²) in [4.78, 5) is 18.3. The number of imidazole rings is 1. The topological polar surface area (TPSA) is 63.6 Å². The van der Waals surface area contributed by atoms with Crippen LogP contribution < -0.4 is 5.73 Å². The number of aromatic nitrogens is 2. The lowest BCUT2D eigenvalue weighted by molar-refractivity contribution is 0.100. The van der Waals surface area contributed by atoms with Gasteiger partial charge >= 0.3 is 0 Å². The van der Waals surface area contributed by atoms with Crippen molar-refractivity contribution in [2.45, 2.75) is 6.42 Å². The van der Waals surface area contributed by atoms with E-state index in [4.69, 9.17) is 5.73 Å². The van der Waals surface area contributed by atoms with Crippen LogP contribution in [-0.4, -0.2) is 40.3 Å². The molecular formula is C20H20N4O. The summed E-state index contributed by atoms with van der Waals surface area (Å²) in [5.41, 5.74) is 11.3. The highest BCUT2D eigenvalue weighted by Gasteiger charge is 2.12. The number of carbonyl (C=O) groups excluding carboxylic acids is 1. The Kier molecular flexibility index (Phi) is 3.86. The lowest BCUT2D eigenvalue weighted by Gasteiger charge is -2.22. The highest BCUT2D eigenvalue weighted by molar-refractivity contribution is 5.94. The van der Waals surface area contributed by atoms with E-state index in [1.807, 2.05) is 28.9 Å². The normalized spacial score (nSPS) is 15.3. The van der Waals surface area contributed by atoms with Crippen LogP contribution in [0.1, 0.15) is 22.3 Å². The van der Waals surface area contributed by atoms with E-state index in [9.17, 15) is 4.79 Å². The zero-order chi connectivity index (χ0) is 17.4. The molecule has 0 bridgehead atoms. The first-order valence-corrected chi connectivity index (χ1v) is 8.37. The van der Waals surface area contributed by atoms with Gasteiger partial charge in [-0.05, 0) is 48.9 Å². The van der Waals surface area contributed by atoms with Crippen molar-refractivity contribution in [3.63, 3.8) is 0 Å². The lowest BCUT2D eigenvalue weighted by Crippen LogP contribution is -2.23. The second kappa shape index (κ2) is 6.18. The number of pyridine rings is 1. The Morgan fingerprint density at radius 3 is 2.84 bits per heavy atom. The number of hydrogen-bond acceptors (Lipinski definition) is 3. The number of likely N-dealkylation sites (N-methyl/N-ethyl adjacent to an activating group) is 1. The van der Waals surface area contributed by atoms with Crippen molar-refractivity contribution in [1.29, 1.82) is 0 Å². The predicted molar refractivity (Wildman–Crippen MR) is 99.2 cm³/mol. The van der Waals surface area contributed by atoms with Crippen LogP contribution in [0.4, 0.5) is 0 Å². The van der Waals surface area contributed by atoms with Crippen LogP contribution in [0.2, 0.25) is 0 Å². The summed E-state index contributed by atoms with van der Waals surface area (Å²) in [6.07, 6.45) is 7.22. The molecule has 0 saturated carbocycles. The minimum absolute atomic E-state index is 0.424. The minimum atomic E-state index is -0.424. The lowest BCUT2D eigenvalue weighted by atomic mass is 10.0. The average Bonchev–Trinajstić information content (AvgIpc) is 3.05. The van der Waals surface area contributed by atoms with Crippen LogP contribution in [0.3, 0.4) is 0 Å². The van der Waals surface area contributed by atoms with E-state index in [0.717, 1.165) is 36.4 Å². The van der Waals surface area contributed by atoms with Gasteiger partial charge in [0.1, 0.15) is 5.65 Å². The monoisotopic (exact) mass is 332 g/mol. The van der Waals surface area contributed by atoms with Crippen LogP contribution >= 0.6 is 0 Å². The van der Waals surface area contributed by atoms with Gasteiger partial charge in [0.15, 0.2) is 0 Å². The highest BCUT2D eigenvalue weighted by atomic mass is 16.1. The number of primary amides is 1. The highest BCUT2D eigenvalue weighted by Crippen LogP contribution is 2.26. The van der Waals surface area contributed by atoms with E-state index < -0.39 is 5.91 Å².